The van der Waals surface area contributed by atoms with Crippen molar-refractivity contribution in [2.45, 2.75) is 31.5 Å². The highest BCUT2D eigenvalue weighted by molar-refractivity contribution is 6.07. The van der Waals surface area contributed by atoms with Gasteiger partial charge in [-0.3, -0.25) is 19.6 Å². The quantitative estimate of drug-likeness (QED) is 0.590. The van der Waals surface area contributed by atoms with E-state index in [2.05, 4.69) is 9.88 Å². The number of carbonyl (C=O) groups excluding carboxylic acids is 2. The Morgan fingerprint density at radius 3 is 2.53 bits per heavy atom. The lowest BCUT2D eigenvalue weighted by Crippen LogP contribution is -2.57. The molecule has 2 saturated heterocycles. The molecule has 2 fully saturated rings. The highest BCUT2D eigenvalue weighted by Crippen LogP contribution is 2.38. The number of pyridine rings is 1. The topological polar surface area (TPSA) is 75.2 Å². The molecule has 3 amide bonds. The first kappa shape index (κ1) is 22.2. The van der Waals surface area contributed by atoms with Gasteiger partial charge in [0.2, 0.25) is 0 Å². The molecule has 1 aromatic heterocycles. The van der Waals surface area contributed by atoms with Crippen LogP contribution in [-0.4, -0.2) is 77.6 Å². The van der Waals surface area contributed by atoms with Crippen LogP contribution in [0.4, 0.5) is 4.79 Å². The predicted octanol–water partition coefficient (Wildman–Crippen LogP) is 2.54. The number of hydrogen-bond donors (Lipinski definition) is 0. The number of ether oxygens (including phenoxy) is 2. The zero-order valence-electron chi connectivity index (χ0n) is 18.7. The van der Waals surface area contributed by atoms with Crippen molar-refractivity contribution in [1.82, 2.24) is 19.7 Å². The number of urea groups is 1. The molecule has 8 heteroatoms. The van der Waals surface area contributed by atoms with Crippen LogP contribution in [0.2, 0.25) is 0 Å². The standard InChI is InChI=1S/C24H30N4O4/c1-31-15-14-28-23(30)27(17-19-6-5-8-21(16-19)32-2)22(29)24(28)9-12-26(13-10-24)18-20-7-3-4-11-25-20/h3-8,11,16H,9-10,12-15,17-18H2,1-2H3. The third kappa shape index (κ3) is 4.33. The van der Waals surface area contributed by atoms with Crippen LogP contribution < -0.4 is 4.74 Å². The van der Waals surface area contributed by atoms with Crippen LogP contribution in [0.5, 0.6) is 5.75 Å². The van der Waals surface area contributed by atoms with Crippen molar-refractivity contribution in [3.63, 3.8) is 0 Å². The van der Waals surface area contributed by atoms with Crippen LogP contribution in [-0.2, 0) is 22.6 Å². The maximum absolute atomic E-state index is 13.7. The van der Waals surface area contributed by atoms with Crippen molar-refractivity contribution < 1.29 is 19.1 Å². The van der Waals surface area contributed by atoms with Gasteiger partial charge < -0.3 is 14.4 Å². The molecular weight excluding hydrogens is 408 g/mol. The van der Waals surface area contributed by atoms with Crippen LogP contribution in [0.15, 0.2) is 48.7 Å². The van der Waals surface area contributed by atoms with Crippen molar-refractivity contribution in [3.05, 3.63) is 59.9 Å². The second kappa shape index (κ2) is 9.67. The Morgan fingerprint density at radius 1 is 1.03 bits per heavy atom. The third-order valence-electron chi connectivity index (χ3n) is 6.41. The summed E-state index contributed by atoms with van der Waals surface area (Å²) in [6.45, 7) is 3.22. The molecule has 2 aromatic rings. The fourth-order valence-corrected chi connectivity index (χ4v) is 4.65. The molecule has 32 heavy (non-hydrogen) atoms. The molecule has 4 rings (SSSR count). The number of piperidine rings is 1. The molecule has 0 bridgehead atoms. The van der Waals surface area contributed by atoms with E-state index in [1.165, 1.54) is 4.90 Å². The summed E-state index contributed by atoms with van der Waals surface area (Å²) in [4.78, 5) is 36.8. The van der Waals surface area contributed by atoms with Crippen molar-refractivity contribution in [2.75, 3.05) is 40.5 Å². The Hall–Kier alpha value is -2.97. The number of amides is 3. The first-order valence-electron chi connectivity index (χ1n) is 10.9. The molecule has 3 heterocycles. The Morgan fingerprint density at radius 2 is 1.84 bits per heavy atom. The molecule has 0 atom stereocenters. The van der Waals surface area contributed by atoms with Gasteiger partial charge in [0.15, 0.2) is 0 Å². The minimum absolute atomic E-state index is 0.112. The van der Waals surface area contributed by atoms with Gasteiger partial charge in [0, 0.05) is 39.5 Å². The Labute approximate surface area is 188 Å². The number of likely N-dealkylation sites (tertiary alicyclic amines) is 1. The second-order valence-electron chi connectivity index (χ2n) is 8.30. The molecule has 0 aliphatic carbocycles. The van der Waals surface area contributed by atoms with Crippen LogP contribution in [0.1, 0.15) is 24.1 Å². The van der Waals surface area contributed by atoms with Gasteiger partial charge in [-0.25, -0.2) is 4.79 Å². The highest BCUT2D eigenvalue weighted by Gasteiger charge is 2.57. The summed E-state index contributed by atoms with van der Waals surface area (Å²) in [5.74, 6) is 0.592. The van der Waals surface area contributed by atoms with Gasteiger partial charge >= 0.3 is 6.03 Å². The zero-order valence-corrected chi connectivity index (χ0v) is 18.7. The summed E-state index contributed by atoms with van der Waals surface area (Å²) in [5.41, 5.74) is 1.06. The van der Waals surface area contributed by atoms with Crippen LogP contribution >= 0.6 is 0 Å². The molecule has 2 aliphatic rings. The molecule has 0 unspecified atom stereocenters. The summed E-state index contributed by atoms with van der Waals surface area (Å²) in [7, 11) is 3.21. The average Bonchev–Trinajstić information content (AvgIpc) is 3.01. The smallest absolute Gasteiger partial charge is 0.328 e. The molecule has 8 nitrogen and oxygen atoms in total. The number of rotatable bonds is 8. The van der Waals surface area contributed by atoms with Crippen LogP contribution in [0.25, 0.3) is 0 Å². The lowest BCUT2D eigenvalue weighted by atomic mass is 9.85. The highest BCUT2D eigenvalue weighted by atomic mass is 16.5. The van der Waals surface area contributed by atoms with Crippen LogP contribution in [0.3, 0.4) is 0 Å². The van der Waals surface area contributed by atoms with E-state index in [1.807, 2.05) is 42.5 Å². The van der Waals surface area contributed by atoms with E-state index in [1.54, 1.807) is 25.3 Å². The van der Waals surface area contributed by atoms with Crippen LogP contribution in [0, 0.1) is 0 Å². The van der Waals surface area contributed by atoms with E-state index in [0.717, 1.165) is 30.9 Å². The van der Waals surface area contributed by atoms with Gasteiger partial charge in [0.25, 0.3) is 5.91 Å². The van der Waals surface area contributed by atoms with Crippen molar-refractivity contribution in [2.24, 2.45) is 0 Å². The average molecular weight is 439 g/mol. The fourth-order valence-electron chi connectivity index (χ4n) is 4.65. The Kier molecular flexibility index (Phi) is 6.72. The largest absolute Gasteiger partial charge is 0.497 e. The number of imide groups is 1. The summed E-state index contributed by atoms with van der Waals surface area (Å²) in [6.07, 6.45) is 2.99. The lowest BCUT2D eigenvalue weighted by Gasteiger charge is -2.42. The lowest BCUT2D eigenvalue weighted by molar-refractivity contribution is -0.136. The van der Waals surface area contributed by atoms with Crippen molar-refractivity contribution in [1.29, 1.82) is 0 Å². The van der Waals surface area contributed by atoms with Crippen molar-refractivity contribution in [3.8, 4) is 5.75 Å². The molecule has 170 valence electrons. The second-order valence-corrected chi connectivity index (χ2v) is 8.30. The van der Waals surface area contributed by atoms with E-state index < -0.39 is 5.54 Å². The van der Waals surface area contributed by atoms with Gasteiger partial charge in [-0.2, -0.15) is 0 Å². The number of aromatic nitrogens is 1. The summed E-state index contributed by atoms with van der Waals surface area (Å²) >= 11 is 0. The molecular formula is C24H30N4O4. The Balaban J connectivity index is 1.51. The van der Waals surface area contributed by atoms with Gasteiger partial charge in [-0.05, 0) is 42.7 Å². The number of nitrogens with zero attached hydrogens (tertiary/aromatic N) is 4. The van der Waals surface area contributed by atoms with Gasteiger partial charge in [0.05, 0.1) is 26.0 Å². The monoisotopic (exact) mass is 438 g/mol. The minimum Gasteiger partial charge on any atom is -0.497 e. The first-order chi connectivity index (χ1) is 15.6. The molecule has 0 saturated carbocycles. The summed E-state index contributed by atoms with van der Waals surface area (Å²) in [6, 6.07) is 13.1. The Bertz CT molecular complexity index is 944. The molecule has 1 aromatic carbocycles. The summed E-state index contributed by atoms with van der Waals surface area (Å²) < 4.78 is 10.5. The van der Waals surface area contributed by atoms with E-state index in [-0.39, 0.29) is 18.5 Å². The predicted molar refractivity (Wildman–Crippen MR) is 119 cm³/mol. The first-order valence-corrected chi connectivity index (χ1v) is 10.9. The zero-order chi connectivity index (χ0) is 22.6. The maximum Gasteiger partial charge on any atom is 0.328 e. The minimum atomic E-state index is -0.810. The molecule has 0 radical (unpaired) electrons. The number of hydrogen-bond acceptors (Lipinski definition) is 6. The van der Waals surface area contributed by atoms with E-state index in [9.17, 15) is 9.59 Å². The van der Waals surface area contributed by atoms with Gasteiger partial charge in [-0.15, -0.1) is 0 Å². The summed E-state index contributed by atoms with van der Waals surface area (Å²) in [5, 5.41) is 0. The molecule has 1 spiro atoms. The van der Waals surface area contributed by atoms with E-state index in [4.69, 9.17) is 9.47 Å². The van der Waals surface area contributed by atoms with Crippen molar-refractivity contribution >= 4 is 11.9 Å². The third-order valence-corrected chi connectivity index (χ3v) is 6.41. The van der Waals surface area contributed by atoms with E-state index >= 15 is 0 Å². The fraction of sp³-hybridized carbons (Fsp3) is 0.458. The molecule has 2 aliphatic heterocycles. The normalized spacial score (nSPS) is 18.6. The number of benzene rings is 1. The van der Waals surface area contributed by atoms with E-state index in [0.29, 0.717) is 31.7 Å². The SMILES string of the molecule is COCCN1C(=O)N(Cc2cccc(OC)c2)C(=O)C12CCN(Cc1ccccn1)CC2. The number of carbonyl (C=O) groups is 2. The number of methoxy groups -OCH3 is 2. The van der Waals surface area contributed by atoms with Gasteiger partial charge in [0.1, 0.15) is 11.3 Å². The molecule has 0 N–H and O–H groups in total. The maximum atomic E-state index is 13.7. The van der Waals surface area contributed by atoms with Gasteiger partial charge in [-0.1, -0.05) is 18.2 Å².